The number of nitrogens with zero attached hydrogens (tertiary/aromatic N) is 2. The first-order chi connectivity index (χ1) is 16.6. The molecule has 0 radical (unpaired) electrons. The highest BCUT2D eigenvalue weighted by Crippen LogP contribution is 2.31. The van der Waals surface area contributed by atoms with Crippen LogP contribution in [0.1, 0.15) is 40.9 Å². The lowest BCUT2D eigenvalue weighted by Crippen LogP contribution is -2.03. The molecule has 0 fully saturated rings. The number of oxime groups is 1. The molecule has 0 aliphatic rings. The van der Waals surface area contributed by atoms with Gasteiger partial charge in [0.1, 0.15) is 0 Å². The molecule has 4 aromatic carbocycles. The maximum absolute atomic E-state index is 13.3. The van der Waals surface area contributed by atoms with E-state index in [2.05, 4.69) is 40.9 Å². The highest BCUT2D eigenvalue weighted by molar-refractivity contribution is 6.16. The number of para-hydroxylation sites is 1. The molecule has 4 nitrogen and oxygen atoms in total. The van der Waals surface area contributed by atoms with E-state index in [4.69, 9.17) is 4.84 Å². The van der Waals surface area contributed by atoms with Gasteiger partial charge in [-0.1, -0.05) is 53.7 Å². The molecule has 168 valence electrons. The normalized spacial score (nSPS) is 11.8. The number of hydrogen-bond donors (Lipinski definition) is 0. The van der Waals surface area contributed by atoms with Crippen LogP contribution in [-0.4, -0.2) is 16.1 Å². The Morgan fingerprint density at radius 3 is 2.12 bits per heavy atom. The van der Waals surface area contributed by atoms with Gasteiger partial charge in [-0.2, -0.15) is 0 Å². The number of rotatable bonds is 6. The fraction of sp³-hybridized carbons (Fsp3) is 0.133. The van der Waals surface area contributed by atoms with E-state index in [1.165, 1.54) is 0 Å². The van der Waals surface area contributed by atoms with E-state index < -0.39 is 0 Å². The number of benzene rings is 4. The van der Waals surface area contributed by atoms with E-state index in [0.717, 1.165) is 50.8 Å². The summed E-state index contributed by atoms with van der Waals surface area (Å²) in [6, 6.07) is 29.6. The largest absolute Gasteiger partial charge is 0.357 e. The molecule has 0 saturated heterocycles. The number of fused-ring (bicyclic) bond motifs is 3. The van der Waals surface area contributed by atoms with Crippen molar-refractivity contribution in [1.29, 1.82) is 0 Å². The molecule has 4 heteroatoms. The second-order valence-corrected chi connectivity index (χ2v) is 8.43. The summed E-state index contributed by atoms with van der Waals surface area (Å²) in [6.07, 6.45) is 0. The van der Waals surface area contributed by atoms with Gasteiger partial charge in [0.05, 0.1) is 5.71 Å². The molecule has 0 atom stereocenters. The average Bonchev–Trinajstić information content (AvgIpc) is 3.20. The van der Waals surface area contributed by atoms with Gasteiger partial charge < -0.3 is 9.40 Å². The van der Waals surface area contributed by atoms with Gasteiger partial charge in [0.2, 0.25) is 0 Å². The molecular weight excluding hydrogens is 420 g/mol. The fourth-order valence-corrected chi connectivity index (χ4v) is 4.45. The molecule has 0 spiro atoms. The third kappa shape index (κ3) is 3.88. The first-order valence-corrected chi connectivity index (χ1v) is 11.5. The number of carbonyl (C=O) groups excluding carboxylic acids is 1. The van der Waals surface area contributed by atoms with Gasteiger partial charge in [-0.25, -0.2) is 0 Å². The zero-order valence-electron chi connectivity index (χ0n) is 19.6. The molecule has 0 N–H and O–H groups in total. The van der Waals surface area contributed by atoms with Crippen LogP contribution in [0.3, 0.4) is 0 Å². The number of ketones is 1. The van der Waals surface area contributed by atoms with Gasteiger partial charge in [0.15, 0.2) is 11.5 Å². The van der Waals surface area contributed by atoms with Crippen molar-refractivity contribution in [2.45, 2.75) is 27.3 Å². The first-order valence-electron chi connectivity index (χ1n) is 11.5. The summed E-state index contributed by atoms with van der Waals surface area (Å²) in [7, 11) is 0. The molecule has 5 aromatic rings. The van der Waals surface area contributed by atoms with Crippen LogP contribution in [0.2, 0.25) is 0 Å². The van der Waals surface area contributed by atoms with Crippen LogP contribution >= 0.6 is 0 Å². The summed E-state index contributed by atoms with van der Waals surface area (Å²) < 4.78 is 2.28. The van der Waals surface area contributed by atoms with Crippen molar-refractivity contribution >= 4 is 33.3 Å². The number of aromatic nitrogens is 1. The molecule has 1 heterocycles. The van der Waals surface area contributed by atoms with Crippen molar-refractivity contribution < 1.29 is 9.63 Å². The molecule has 0 unspecified atom stereocenters. The van der Waals surface area contributed by atoms with Crippen molar-refractivity contribution in [3.8, 4) is 5.75 Å². The highest BCUT2D eigenvalue weighted by Gasteiger charge is 2.16. The van der Waals surface area contributed by atoms with Gasteiger partial charge in [0.25, 0.3) is 0 Å². The summed E-state index contributed by atoms with van der Waals surface area (Å²) in [5.74, 6) is 0.743. The fourth-order valence-electron chi connectivity index (χ4n) is 4.45. The zero-order valence-corrected chi connectivity index (χ0v) is 19.6. The number of hydrogen-bond acceptors (Lipinski definition) is 3. The highest BCUT2D eigenvalue weighted by atomic mass is 16.6. The van der Waals surface area contributed by atoms with Crippen molar-refractivity contribution in [1.82, 2.24) is 4.57 Å². The minimum absolute atomic E-state index is 0.0440. The molecule has 0 aliphatic carbocycles. The Kier molecular flexibility index (Phi) is 5.72. The predicted octanol–water partition coefficient (Wildman–Crippen LogP) is 7.16. The van der Waals surface area contributed by atoms with Crippen LogP contribution in [0.4, 0.5) is 0 Å². The summed E-state index contributed by atoms with van der Waals surface area (Å²) in [4.78, 5) is 18.9. The lowest BCUT2D eigenvalue weighted by Gasteiger charge is -2.06. The van der Waals surface area contributed by atoms with Crippen LogP contribution in [0.15, 0.2) is 96.2 Å². The number of carbonyl (C=O) groups is 1. The van der Waals surface area contributed by atoms with E-state index in [-0.39, 0.29) is 5.78 Å². The average molecular weight is 447 g/mol. The molecule has 0 saturated carbocycles. The van der Waals surface area contributed by atoms with Gasteiger partial charge in [0, 0.05) is 39.5 Å². The zero-order chi connectivity index (χ0) is 23.7. The van der Waals surface area contributed by atoms with Crippen LogP contribution in [-0.2, 0) is 6.54 Å². The van der Waals surface area contributed by atoms with Gasteiger partial charge >= 0.3 is 0 Å². The van der Waals surface area contributed by atoms with Crippen molar-refractivity contribution in [3.05, 3.63) is 113 Å². The molecule has 0 amide bonds. The Morgan fingerprint density at radius 2 is 1.44 bits per heavy atom. The van der Waals surface area contributed by atoms with Crippen LogP contribution in [0.5, 0.6) is 5.75 Å². The van der Waals surface area contributed by atoms with E-state index >= 15 is 0 Å². The monoisotopic (exact) mass is 446 g/mol. The molecular formula is C30H26N2O2. The number of aryl methyl sites for hydroxylation is 2. The first kappa shape index (κ1) is 21.7. The van der Waals surface area contributed by atoms with Crippen molar-refractivity contribution in [2.75, 3.05) is 0 Å². The Balaban J connectivity index is 1.60. The lowest BCUT2D eigenvalue weighted by molar-refractivity contribution is 0.103. The third-order valence-electron chi connectivity index (χ3n) is 6.28. The smallest absolute Gasteiger partial charge is 0.193 e. The molecule has 1 aromatic heterocycles. The Morgan fingerprint density at radius 1 is 0.824 bits per heavy atom. The molecule has 0 aliphatic heterocycles. The summed E-state index contributed by atoms with van der Waals surface area (Å²) in [6.45, 7) is 6.89. The van der Waals surface area contributed by atoms with E-state index in [1.54, 1.807) is 0 Å². The minimum Gasteiger partial charge on any atom is -0.357 e. The summed E-state index contributed by atoms with van der Waals surface area (Å²) in [5.41, 5.74) is 6.44. The molecule has 5 rings (SSSR count). The van der Waals surface area contributed by atoms with Crippen LogP contribution < -0.4 is 4.84 Å². The Labute approximate surface area is 199 Å². The minimum atomic E-state index is 0.0440. The Hall–Kier alpha value is -4.18. The standard InChI is InChI=1S/C30H26N2O2/c1-4-32-28-16-14-22(21(3)31-34-24-11-6-5-7-12-24)18-26(28)27-19-23(15-17-29(27)32)30(33)25-13-9-8-10-20(25)2/h5-19H,4H2,1-3H3. The summed E-state index contributed by atoms with van der Waals surface area (Å²) >= 11 is 0. The van der Waals surface area contributed by atoms with Crippen molar-refractivity contribution in [2.24, 2.45) is 5.16 Å². The second-order valence-electron chi connectivity index (χ2n) is 8.43. The van der Waals surface area contributed by atoms with E-state index in [0.29, 0.717) is 11.3 Å². The van der Waals surface area contributed by atoms with Crippen LogP contribution in [0, 0.1) is 6.92 Å². The topological polar surface area (TPSA) is 43.6 Å². The Bertz CT molecular complexity index is 1540. The predicted molar refractivity (Wildman–Crippen MR) is 139 cm³/mol. The van der Waals surface area contributed by atoms with Gasteiger partial charge in [-0.05, 0) is 74.4 Å². The maximum atomic E-state index is 13.3. The van der Waals surface area contributed by atoms with Crippen molar-refractivity contribution in [3.63, 3.8) is 0 Å². The second kappa shape index (κ2) is 8.99. The van der Waals surface area contributed by atoms with Crippen LogP contribution in [0.25, 0.3) is 21.8 Å². The van der Waals surface area contributed by atoms with E-state index in [1.807, 2.05) is 80.6 Å². The third-order valence-corrected chi connectivity index (χ3v) is 6.28. The SMILES string of the molecule is CCn1c2ccc(C(=O)c3ccccc3C)cc2c2cc(C(C)=NOc3ccccc3)ccc21. The lowest BCUT2D eigenvalue weighted by atomic mass is 9.97. The molecule has 0 bridgehead atoms. The van der Waals surface area contributed by atoms with Gasteiger partial charge in [-0.15, -0.1) is 0 Å². The molecule has 34 heavy (non-hydrogen) atoms. The quantitative estimate of drug-likeness (QED) is 0.158. The van der Waals surface area contributed by atoms with E-state index in [9.17, 15) is 4.79 Å². The van der Waals surface area contributed by atoms with Gasteiger partial charge in [-0.3, -0.25) is 4.79 Å². The summed E-state index contributed by atoms with van der Waals surface area (Å²) in [5, 5.41) is 6.49. The maximum Gasteiger partial charge on any atom is 0.193 e.